The van der Waals surface area contributed by atoms with Crippen LogP contribution in [0.25, 0.3) is 0 Å². The van der Waals surface area contributed by atoms with E-state index in [0.29, 0.717) is 34.1 Å². The lowest BCUT2D eigenvalue weighted by molar-refractivity contribution is 0.148. The van der Waals surface area contributed by atoms with Gasteiger partial charge in [-0.25, -0.2) is 0 Å². The molecule has 3 unspecified atom stereocenters. The summed E-state index contributed by atoms with van der Waals surface area (Å²) < 4.78 is 5.76. The van der Waals surface area contributed by atoms with Crippen LogP contribution < -0.4 is 0 Å². The molecule has 0 aliphatic heterocycles. The normalized spacial score (nSPS) is 22.8. The first-order valence-corrected chi connectivity index (χ1v) is 7.52. The van der Waals surface area contributed by atoms with E-state index in [-0.39, 0.29) is 0 Å². The molecule has 106 valence electrons. The fourth-order valence-corrected chi connectivity index (χ4v) is 2.95. The molecule has 1 aromatic heterocycles. The molecule has 1 heterocycles. The summed E-state index contributed by atoms with van der Waals surface area (Å²) in [6.07, 6.45) is 0.909. The largest absolute Gasteiger partial charge is 0.463 e. The van der Waals surface area contributed by atoms with Crippen molar-refractivity contribution in [1.82, 2.24) is 0 Å². The summed E-state index contributed by atoms with van der Waals surface area (Å²) in [7, 11) is 0. The fourth-order valence-electron chi connectivity index (χ4n) is 2.46. The second-order valence-corrected chi connectivity index (χ2v) is 6.36. The van der Waals surface area contributed by atoms with Crippen LogP contribution in [-0.2, 0) is 6.42 Å². The van der Waals surface area contributed by atoms with Crippen molar-refractivity contribution in [3.8, 4) is 0 Å². The molecule has 1 aliphatic carbocycles. The Morgan fingerprint density at radius 2 is 2.05 bits per heavy atom. The van der Waals surface area contributed by atoms with Crippen molar-refractivity contribution in [1.29, 1.82) is 0 Å². The third-order valence-corrected chi connectivity index (χ3v) is 4.47. The predicted octanol–water partition coefficient (Wildman–Crippen LogP) is 4.99. The van der Waals surface area contributed by atoms with E-state index in [4.69, 9.17) is 27.6 Å². The number of furan rings is 1. The molecule has 0 radical (unpaired) electrons. The molecule has 4 heteroatoms. The van der Waals surface area contributed by atoms with Crippen LogP contribution in [0.5, 0.6) is 0 Å². The van der Waals surface area contributed by atoms with Gasteiger partial charge in [-0.15, -0.1) is 0 Å². The summed E-state index contributed by atoms with van der Waals surface area (Å²) in [4.78, 5) is 0. The third-order valence-electron chi connectivity index (χ3n) is 3.88. The van der Waals surface area contributed by atoms with Crippen molar-refractivity contribution in [2.75, 3.05) is 0 Å². The van der Waals surface area contributed by atoms with Gasteiger partial charge in [-0.3, -0.25) is 0 Å². The SMILES string of the molecule is CC1CC1c1ccc(C(O)Cc2ccc(Cl)cc2Cl)o1. The van der Waals surface area contributed by atoms with E-state index in [1.54, 1.807) is 12.1 Å². The molecule has 0 spiro atoms. The molecule has 20 heavy (non-hydrogen) atoms. The number of aliphatic hydroxyl groups is 1. The first-order valence-electron chi connectivity index (χ1n) is 6.76. The van der Waals surface area contributed by atoms with Gasteiger partial charge in [0.05, 0.1) is 0 Å². The van der Waals surface area contributed by atoms with Crippen molar-refractivity contribution in [2.24, 2.45) is 5.92 Å². The number of rotatable bonds is 4. The Balaban J connectivity index is 1.72. The van der Waals surface area contributed by atoms with Crippen molar-refractivity contribution in [2.45, 2.75) is 31.8 Å². The van der Waals surface area contributed by atoms with Gasteiger partial charge < -0.3 is 9.52 Å². The summed E-state index contributed by atoms with van der Waals surface area (Å²) in [5.74, 6) is 2.80. The van der Waals surface area contributed by atoms with Gasteiger partial charge in [-0.1, -0.05) is 36.2 Å². The van der Waals surface area contributed by atoms with Crippen molar-refractivity contribution < 1.29 is 9.52 Å². The van der Waals surface area contributed by atoms with Crippen LogP contribution in [0, 0.1) is 5.92 Å². The van der Waals surface area contributed by atoms with Gasteiger partial charge >= 0.3 is 0 Å². The molecule has 0 bridgehead atoms. The van der Waals surface area contributed by atoms with Crippen LogP contribution in [0.15, 0.2) is 34.7 Å². The molecule has 1 aliphatic rings. The van der Waals surface area contributed by atoms with Gasteiger partial charge in [0.15, 0.2) is 0 Å². The van der Waals surface area contributed by atoms with Gasteiger partial charge in [0.2, 0.25) is 0 Å². The van der Waals surface area contributed by atoms with Crippen molar-refractivity contribution >= 4 is 23.2 Å². The van der Waals surface area contributed by atoms with E-state index in [1.165, 1.54) is 6.42 Å². The van der Waals surface area contributed by atoms with E-state index in [1.807, 2.05) is 18.2 Å². The molecule has 0 saturated heterocycles. The number of halogens is 2. The van der Waals surface area contributed by atoms with E-state index in [0.717, 1.165) is 11.3 Å². The van der Waals surface area contributed by atoms with Gasteiger partial charge in [-0.05, 0) is 42.2 Å². The van der Waals surface area contributed by atoms with Gasteiger partial charge in [-0.2, -0.15) is 0 Å². The van der Waals surface area contributed by atoms with Gasteiger partial charge in [0.1, 0.15) is 17.6 Å². The summed E-state index contributed by atoms with van der Waals surface area (Å²) in [5.41, 5.74) is 0.862. The fraction of sp³-hybridized carbons (Fsp3) is 0.375. The van der Waals surface area contributed by atoms with E-state index in [9.17, 15) is 5.11 Å². The Bertz CT molecular complexity index is 621. The van der Waals surface area contributed by atoms with Crippen molar-refractivity contribution in [3.05, 3.63) is 57.5 Å². The predicted molar refractivity (Wildman–Crippen MR) is 80.4 cm³/mol. The molecule has 0 amide bonds. The van der Waals surface area contributed by atoms with Crippen LogP contribution in [0.2, 0.25) is 10.0 Å². The van der Waals surface area contributed by atoms with E-state index >= 15 is 0 Å². The summed E-state index contributed by atoms with van der Waals surface area (Å²) in [6.45, 7) is 2.21. The third kappa shape index (κ3) is 2.88. The second-order valence-electron chi connectivity index (χ2n) is 5.52. The Labute approximate surface area is 128 Å². The van der Waals surface area contributed by atoms with Crippen LogP contribution in [0.3, 0.4) is 0 Å². The molecule has 3 atom stereocenters. The highest BCUT2D eigenvalue weighted by Crippen LogP contribution is 2.47. The lowest BCUT2D eigenvalue weighted by Crippen LogP contribution is -2.01. The second kappa shape index (κ2) is 5.44. The van der Waals surface area contributed by atoms with Crippen LogP contribution >= 0.6 is 23.2 Å². The van der Waals surface area contributed by atoms with Crippen LogP contribution in [-0.4, -0.2) is 5.11 Å². The zero-order valence-electron chi connectivity index (χ0n) is 11.1. The molecule has 3 rings (SSSR count). The quantitative estimate of drug-likeness (QED) is 0.863. The minimum absolute atomic E-state index is 0.420. The summed E-state index contributed by atoms with van der Waals surface area (Å²) >= 11 is 12.0. The summed E-state index contributed by atoms with van der Waals surface area (Å²) in [6, 6.07) is 9.12. The smallest absolute Gasteiger partial charge is 0.133 e. The lowest BCUT2D eigenvalue weighted by atomic mass is 10.1. The monoisotopic (exact) mass is 310 g/mol. The van der Waals surface area contributed by atoms with E-state index < -0.39 is 6.10 Å². The molecular weight excluding hydrogens is 295 g/mol. The minimum atomic E-state index is -0.684. The molecule has 1 aromatic carbocycles. The zero-order valence-corrected chi connectivity index (χ0v) is 12.7. The average molecular weight is 311 g/mol. The number of hydrogen-bond acceptors (Lipinski definition) is 2. The molecule has 1 saturated carbocycles. The Morgan fingerprint density at radius 3 is 2.70 bits per heavy atom. The highest BCUT2D eigenvalue weighted by atomic mass is 35.5. The minimum Gasteiger partial charge on any atom is -0.463 e. The highest BCUT2D eigenvalue weighted by molar-refractivity contribution is 6.35. The van der Waals surface area contributed by atoms with Crippen LogP contribution in [0.4, 0.5) is 0 Å². The highest BCUT2D eigenvalue weighted by Gasteiger charge is 2.36. The molecule has 2 aromatic rings. The maximum absolute atomic E-state index is 10.3. The molecule has 1 fully saturated rings. The number of hydrogen-bond donors (Lipinski definition) is 1. The number of benzene rings is 1. The standard InChI is InChI=1S/C16H16Cl2O2/c1-9-6-12(9)15-4-5-16(20-15)14(19)7-10-2-3-11(17)8-13(10)18/h2-5,8-9,12,14,19H,6-7H2,1H3. The first-order chi connectivity index (χ1) is 9.54. The Hall–Kier alpha value is -0.960. The molecule has 2 nitrogen and oxygen atoms in total. The van der Waals surface area contributed by atoms with Crippen LogP contribution in [0.1, 0.15) is 42.5 Å². The first kappa shape index (κ1) is 14.0. The van der Waals surface area contributed by atoms with E-state index in [2.05, 4.69) is 6.92 Å². The lowest BCUT2D eigenvalue weighted by Gasteiger charge is -2.09. The zero-order chi connectivity index (χ0) is 14.3. The molecule has 1 N–H and O–H groups in total. The van der Waals surface area contributed by atoms with Crippen molar-refractivity contribution in [3.63, 3.8) is 0 Å². The molecular formula is C16H16Cl2O2. The maximum Gasteiger partial charge on any atom is 0.133 e. The summed E-state index contributed by atoms with van der Waals surface area (Å²) in [5, 5.41) is 11.4. The average Bonchev–Trinajstić information content (AvgIpc) is 2.94. The Morgan fingerprint density at radius 1 is 1.30 bits per heavy atom. The van der Waals surface area contributed by atoms with Gasteiger partial charge in [0, 0.05) is 22.4 Å². The van der Waals surface area contributed by atoms with Gasteiger partial charge in [0.25, 0.3) is 0 Å². The number of aliphatic hydroxyl groups excluding tert-OH is 1. The Kier molecular flexibility index (Phi) is 3.80. The maximum atomic E-state index is 10.3. The topological polar surface area (TPSA) is 33.4 Å².